The van der Waals surface area contributed by atoms with Crippen LogP contribution < -0.4 is 9.47 Å². The molecule has 1 N–H and O–H groups in total. The summed E-state index contributed by atoms with van der Waals surface area (Å²) >= 11 is 0. The summed E-state index contributed by atoms with van der Waals surface area (Å²) in [5, 5.41) is 9.85. The summed E-state index contributed by atoms with van der Waals surface area (Å²) in [6.45, 7) is 3.99. The zero-order valence-electron chi connectivity index (χ0n) is 15.5. The lowest BCUT2D eigenvalue weighted by Crippen LogP contribution is -2.46. The van der Waals surface area contributed by atoms with E-state index in [1.165, 1.54) is 0 Å². The maximum Gasteiger partial charge on any atom is 0.161 e. The molecule has 1 aliphatic rings. The molecule has 2 heterocycles. The average molecular weight is 358 g/mol. The van der Waals surface area contributed by atoms with Crippen LogP contribution in [0, 0.1) is 6.92 Å². The number of nitrogens with zero attached hydrogens (tertiary/aromatic N) is 2. The lowest BCUT2D eigenvalue weighted by atomic mass is 9.97. The minimum absolute atomic E-state index is 0.0449. The lowest BCUT2D eigenvalue weighted by Gasteiger charge is -2.41. The number of pyridine rings is 1. The maximum atomic E-state index is 9.85. The Hall–Kier alpha value is -2.15. The summed E-state index contributed by atoms with van der Waals surface area (Å²) in [5.74, 6) is 1.35. The van der Waals surface area contributed by atoms with Crippen LogP contribution in [0.5, 0.6) is 11.5 Å². The molecule has 0 bridgehead atoms. The van der Waals surface area contributed by atoms with E-state index in [1.54, 1.807) is 14.2 Å². The highest BCUT2D eigenvalue weighted by Crippen LogP contribution is 2.36. The van der Waals surface area contributed by atoms with Gasteiger partial charge in [-0.3, -0.25) is 9.88 Å². The van der Waals surface area contributed by atoms with Crippen LogP contribution in [0.2, 0.25) is 0 Å². The number of hydrogen-bond donors (Lipinski definition) is 1. The first kappa shape index (κ1) is 18.6. The molecule has 1 fully saturated rings. The number of aliphatic hydroxyl groups is 1. The van der Waals surface area contributed by atoms with Crippen molar-refractivity contribution in [1.82, 2.24) is 9.88 Å². The summed E-state index contributed by atoms with van der Waals surface area (Å²) in [6.07, 6.45) is -0.299. The van der Waals surface area contributed by atoms with E-state index in [9.17, 15) is 5.11 Å². The normalized spacial score (nSPS) is 20.8. The van der Waals surface area contributed by atoms with Crippen molar-refractivity contribution >= 4 is 0 Å². The maximum absolute atomic E-state index is 9.85. The molecule has 140 valence electrons. The number of morpholine rings is 1. The SMILES string of the molecule is COc1ccc([C@@H]2[C@@H](CO)OCCN2Cc2cccc(C)n2)cc1OC. The van der Waals surface area contributed by atoms with Crippen LogP contribution >= 0.6 is 0 Å². The molecule has 0 spiro atoms. The van der Waals surface area contributed by atoms with Crippen molar-refractivity contribution in [3.8, 4) is 11.5 Å². The number of benzene rings is 1. The summed E-state index contributed by atoms with van der Waals surface area (Å²) in [6, 6.07) is 11.8. The van der Waals surface area contributed by atoms with Crippen LogP contribution in [-0.2, 0) is 11.3 Å². The van der Waals surface area contributed by atoms with Crippen molar-refractivity contribution in [1.29, 1.82) is 0 Å². The molecule has 0 saturated carbocycles. The summed E-state index contributed by atoms with van der Waals surface area (Å²) in [4.78, 5) is 6.92. The van der Waals surface area contributed by atoms with Gasteiger partial charge in [-0.2, -0.15) is 0 Å². The van der Waals surface area contributed by atoms with E-state index in [2.05, 4.69) is 9.88 Å². The molecule has 0 unspecified atom stereocenters. The Morgan fingerprint density at radius 1 is 1.19 bits per heavy atom. The molecule has 0 amide bonds. The molecule has 0 aliphatic carbocycles. The Kier molecular flexibility index (Phi) is 6.08. The molecular formula is C20H26N2O4. The van der Waals surface area contributed by atoms with Gasteiger partial charge in [0.1, 0.15) is 6.10 Å². The zero-order valence-corrected chi connectivity index (χ0v) is 15.5. The first-order valence-electron chi connectivity index (χ1n) is 8.77. The number of aromatic nitrogens is 1. The van der Waals surface area contributed by atoms with Gasteiger partial charge in [0.2, 0.25) is 0 Å². The second-order valence-electron chi connectivity index (χ2n) is 6.39. The molecule has 3 rings (SSSR count). The second kappa shape index (κ2) is 8.49. The van der Waals surface area contributed by atoms with Crippen LogP contribution in [-0.4, -0.2) is 55.1 Å². The third kappa shape index (κ3) is 3.98. The lowest BCUT2D eigenvalue weighted by molar-refractivity contribution is -0.0964. The van der Waals surface area contributed by atoms with Gasteiger partial charge in [-0.05, 0) is 36.8 Å². The van der Waals surface area contributed by atoms with Gasteiger partial charge in [0.15, 0.2) is 11.5 Å². The number of hydrogen-bond acceptors (Lipinski definition) is 6. The third-order valence-corrected chi connectivity index (χ3v) is 4.70. The predicted molar refractivity (Wildman–Crippen MR) is 98.5 cm³/mol. The summed E-state index contributed by atoms with van der Waals surface area (Å²) in [7, 11) is 3.24. The van der Waals surface area contributed by atoms with Crippen molar-refractivity contribution in [2.24, 2.45) is 0 Å². The van der Waals surface area contributed by atoms with Crippen LogP contribution in [0.4, 0.5) is 0 Å². The van der Waals surface area contributed by atoms with E-state index >= 15 is 0 Å². The Morgan fingerprint density at radius 2 is 2.00 bits per heavy atom. The van der Waals surface area contributed by atoms with Crippen molar-refractivity contribution in [2.45, 2.75) is 25.6 Å². The smallest absolute Gasteiger partial charge is 0.161 e. The average Bonchev–Trinajstić information content (AvgIpc) is 2.67. The predicted octanol–water partition coefficient (Wildman–Crippen LogP) is 2.34. The molecule has 6 nitrogen and oxygen atoms in total. The number of aliphatic hydroxyl groups excluding tert-OH is 1. The quantitative estimate of drug-likeness (QED) is 0.855. The highest BCUT2D eigenvalue weighted by molar-refractivity contribution is 5.44. The van der Waals surface area contributed by atoms with Crippen molar-refractivity contribution < 1.29 is 19.3 Å². The van der Waals surface area contributed by atoms with E-state index in [-0.39, 0.29) is 18.8 Å². The van der Waals surface area contributed by atoms with Gasteiger partial charge in [0.25, 0.3) is 0 Å². The van der Waals surface area contributed by atoms with Crippen LogP contribution in [0.3, 0.4) is 0 Å². The number of aryl methyl sites for hydroxylation is 1. The van der Waals surface area contributed by atoms with E-state index in [4.69, 9.17) is 14.2 Å². The minimum Gasteiger partial charge on any atom is -0.493 e. The monoisotopic (exact) mass is 358 g/mol. The molecule has 0 radical (unpaired) electrons. The molecule has 1 aromatic carbocycles. The molecule has 6 heteroatoms. The largest absolute Gasteiger partial charge is 0.493 e. The zero-order chi connectivity index (χ0) is 18.5. The van der Waals surface area contributed by atoms with Crippen molar-refractivity contribution in [3.63, 3.8) is 0 Å². The fraction of sp³-hybridized carbons (Fsp3) is 0.450. The number of methoxy groups -OCH3 is 2. The first-order valence-corrected chi connectivity index (χ1v) is 8.77. The first-order chi connectivity index (χ1) is 12.7. The fourth-order valence-electron chi connectivity index (χ4n) is 3.47. The molecular weight excluding hydrogens is 332 g/mol. The molecule has 26 heavy (non-hydrogen) atoms. The number of ether oxygens (including phenoxy) is 3. The van der Waals surface area contributed by atoms with Gasteiger partial charge in [-0.1, -0.05) is 12.1 Å². The van der Waals surface area contributed by atoms with Gasteiger partial charge in [-0.25, -0.2) is 0 Å². The fourth-order valence-corrected chi connectivity index (χ4v) is 3.47. The minimum atomic E-state index is -0.299. The highest BCUT2D eigenvalue weighted by Gasteiger charge is 2.34. The van der Waals surface area contributed by atoms with E-state index in [0.29, 0.717) is 24.7 Å². The molecule has 1 saturated heterocycles. The molecule has 2 atom stereocenters. The van der Waals surface area contributed by atoms with Crippen LogP contribution in [0.25, 0.3) is 0 Å². The third-order valence-electron chi connectivity index (χ3n) is 4.70. The molecule has 1 aliphatic heterocycles. The molecule has 2 aromatic rings. The standard InChI is InChI=1S/C20H26N2O4/c1-14-5-4-6-16(21-14)12-22-9-10-26-19(13-23)20(22)15-7-8-17(24-2)18(11-15)25-3/h4-8,11,19-20,23H,9-10,12-13H2,1-3H3/t19-,20-/m1/s1. The Bertz CT molecular complexity index is 738. The Labute approximate surface area is 154 Å². The number of rotatable bonds is 6. The van der Waals surface area contributed by atoms with Gasteiger partial charge in [0.05, 0.1) is 39.2 Å². The van der Waals surface area contributed by atoms with E-state index in [1.807, 2.05) is 43.3 Å². The van der Waals surface area contributed by atoms with Crippen LogP contribution in [0.15, 0.2) is 36.4 Å². The van der Waals surface area contributed by atoms with Crippen LogP contribution in [0.1, 0.15) is 23.0 Å². The van der Waals surface area contributed by atoms with Gasteiger partial charge in [-0.15, -0.1) is 0 Å². The highest BCUT2D eigenvalue weighted by atomic mass is 16.5. The summed E-state index contributed by atoms with van der Waals surface area (Å²) < 4.78 is 16.6. The Morgan fingerprint density at radius 3 is 2.69 bits per heavy atom. The topological polar surface area (TPSA) is 64.0 Å². The Balaban J connectivity index is 1.93. The molecule has 1 aromatic heterocycles. The van der Waals surface area contributed by atoms with Crippen molar-refractivity contribution in [2.75, 3.05) is 34.0 Å². The van der Waals surface area contributed by atoms with E-state index in [0.717, 1.165) is 23.5 Å². The van der Waals surface area contributed by atoms with Crippen molar-refractivity contribution in [3.05, 3.63) is 53.3 Å². The summed E-state index contributed by atoms with van der Waals surface area (Å²) in [5.41, 5.74) is 3.03. The van der Waals surface area contributed by atoms with E-state index < -0.39 is 0 Å². The second-order valence-corrected chi connectivity index (χ2v) is 6.39. The van der Waals surface area contributed by atoms with Gasteiger partial charge in [0, 0.05) is 18.8 Å². The van der Waals surface area contributed by atoms with Gasteiger partial charge < -0.3 is 19.3 Å². The van der Waals surface area contributed by atoms with Gasteiger partial charge >= 0.3 is 0 Å².